The number of carbonyl (C=O) groups excluding carboxylic acids is 2. The summed E-state index contributed by atoms with van der Waals surface area (Å²) in [5.74, 6) is -0.211. The van der Waals surface area contributed by atoms with Crippen LogP contribution in [0.15, 0.2) is 29.2 Å². The van der Waals surface area contributed by atoms with Crippen molar-refractivity contribution in [1.29, 1.82) is 0 Å². The van der Waals surface area contributed by atoms with Gasteiger partial charge in [-0.3, -0.25) is 9.59 Å². The minimum Gasteiger partial charge on any atom is -0.351 e. The van der Waals surface area contributed by atoms with Crippen molar-refractivity contribution in [2.24, 2.45) is 5.73 Å². The monoisotopic (exact) mass is 281 g/mol. The van der Waals surface area contributed by atoms with Gasteiger partial charge < -0.3 is 16.4 Å². The molecule has 6 heteroatoms. The van der Waals surface area contributed by atoms with Crippen LogP contribution < -0.4 is 16.4 Å². The third kappa shape index (κ3) is 5.32. The van der Waals surface area contributed by atoms with Crippen molar-refractivity contribution in [1.82, 2.24) is 10.6 Å². The maximum absolute atomic E-state index is 11.9. The fraction of sp³-hybridized carbons (Fsp3) is 0.385. The van der Waals surface area contributed by atoms with Crippen LogP contribution in [0.1, 0.15) is 23.7 Å². The predicted octanol–water partition coefficient (Wildman–Crippen LogP) is 1.59. The molecule has 0 heterocycles. The molecule has 0 spiro atoms. The lowest BCUT2D eigenvalue weighted by Gasteiger charge is -2.09. The van der Waals surface area contributed by atoms with Crippen LogP contribution in [0.2, 0.25) is 0 Å². The molecule has 4 N–H and O–H groups in total. The molecule has 0 fully saturated rings. The average molecular weight is 281 g/mol. The van der Waals surface area contributed by atoms with Crippen molar-refractivity contribution >= 4 is 22.9 Å². The van der Waals surface area contributed by atoms with E-state index in [1.165, 1.54) is 0 Å². The Hall–Kier alpha value is -1.53. The molecule has 0 bridgehead atoms. The molecule has 1 rings (SSSR count). The molecule has 5 nitrogen and oxygen atoms in total. The molecule has 0 aliphatic heterocycles. The van der Waals surface area contributed by atoms with Gasteiger partial charge in [-0.1, -0.05) is 19.1 Å². The molecular formula is C13H19N3O2S. The lowest BCUT2D eigenvalue weighted by molar-refractivity contribution is 0.0952. The van der Waals surface area contributed by atoms with E-state index in [2.05, 4.69) is 10.6 Å². The second-order valence-electron chi connectivity index (χ2n) is 3.86. The van der Waals surface area contributed by atoms with E-state index < -0.39 is 0 Å². The summed E-state index contributed by atoms with van der Waals surface area (Å²) in [5.41, 5.74) is 5.84. The Kier molecular flexibility index (Phi) is 6.99. The van der Waals surface area contributed by atoms with Crippen LogP contribution in [0.4, 0.5) is 4.79 Å². The van der Waals surface area contributed by atoms with Gasteiger partial charge in [0.15, 0.2) is 0 Å². The summed E-state index contributed by atoms with van der Waals surface area (Å²) in [6.45, 7) is 3.42. The van der Waals surface area contributed by atoms with Gasteiger partial charge in [0.05, 0.1) is 5.56 Å². The van der Waals surface area contributed by atoms with Crippen molar-refractivity contribution in [3.05, 3.63) is 29.8 Å². The van der Waals surface area contributed by atoms with Crippen molar-refractivity contribution in [2.45, 2.75) is 18.2 Å². The van der Waals surface area contributed by atoms with E-state index >= 15 is 0 Å². The minimum absolute atomic E-state index is 0.152. The number of rotatable bonds is 6. The summed E-state index contributed by atoms with van der Waals surface area (Å²) < 4.78 is 0. The van der Waals surface area contributed by atoms with Gasteiger partial charge >= 0.3 is 0 Å². The van der Waals surface area contributed by atoms with Gasteiger partial charge in [-0.25, -0.2) is 0 Å². The Bertz CT molecular complexity index is 438. The molecule has 0 aliphatic rings. The van der Waals surface area contributed by atoms with E-state index in [1.807, 2.05) is 6.92 Å². The first-order valence-corrected chi connectivity index (χ1v) is 7.03. The normalized spacial score (nSPS) is 10.0. The van der Waals surface area contributed by atoms with Crippen molar-refractivity contribution in [3.8, 4) is 0 Å². The molecule has 0 aromatic heterocycles. The Morgan fingerprint density at radius 1 is 1.21 bits per heavy atom. The van der Waals surface area contributed by atoms with Crippen molar-refractivity contribution in [3.63, 3.8) is 0 Å². The fourth-order valence-electron chi connectivity index (χ4n) is 1.39. The SMILES string of the molecule is CCCNC(=O)Sc1ccccc1C(=O)NCCN. The zero-order valence-electron chi connectivity index (χ0n) is 10.9. The molecule has 0 saturated heterocycles. The third-order valence-electron chi connectivity index (χ3n) is 2.28. The molecule has 1 aromatic carbocycles. The molecule has 1 aromatic rings. The molecule has 0 aliphatic carbocycles. The van der Waals surface area contributed by atoms with Gasteiger partial charge in [0, 0.05) is 24.5 Å². The zero-order chi connectivity index (χ0) is 14.1. The molecule has 104 valence electrons. The van der Waals surface area contributed by atoms with Crippen LogP contribution in [-0.4, -0.2) is 30.8 Å². The van der Waals surface area contributed by atoms with Crippen LogP contribution in [0.25, 0.3) is 0 Å². The molecule has 2 amide bonds. The summed E-state index contributed by atoms with van der Waals surface area (Å²) in [6.07, 6.45) is 0.880. The molecule has 0 saturated carbocycles. The summed E-state index contributed by atoms with van der Waals surface area (Å²) in [6, 6.07) is 7.02. The van der Waals surface area contributed by atoms with Gasteiger partial charge in [-0.2, -0.15) is 0 Å². The smallest absolute Gasteiger partial charge is 0.283 e. The topological polar surface area (TPSA) is 84.2 Å². The van der Waals surface area contributed by atoms with Gasteiger partial charge in [0.25, 0.3) is 11.1 Å². The zero-order valence-corrected chi connectivity index (χ0v) is 11.8. The van der Waals surface area contributed by atoms with Crippen molar-refractivity contribution < 1.29 is 9.59 Å². The van der Waals surface area contributed by atoms with Crippen LogP contribution in [-0.2, 0) is 0 Å². The average Bonchev–Trinajstić information content (AvgIpc) is 2.43. The molecular weight excluding hydrogens is 262 g/mol. The molecule has 0 atom stereocenters. The van der Waals surface area contributed by atoms with E-state index in [4.69, 9.17) is 5.73 Å². The number of hydrogen-bond donors (Lipinski definition) is 3. The van der Waals surface area contributed by atoms with Crippen LogP contribution in [0.3, 0.4) is 0 Å². The fourth-order valence-corrected chi connectivity index (χ4v) is 2.18. The number of nitrogens with two attached hydrogens (primary N) is 1. The summed E-state index contributed by atoms with van der Waals surface area (Å²) in [7, 11) is 0. The van der Waals surface area contributed by atoms with E-state index in [-0.39, 0.29) is 11.1 Å². The Balaban J connectivity index is 2.72. The number of thioether (sulfide) groups is 1. The van der Waals surface area contributed by atoms with Crippen LogP contribution in [0.5, 0.6) is 0 Å². The quantitative estimate of drug-likeness (QED) is 0.691. The maximum Gasteiger partial charge on any atom is 0.283 e. The highest BCUT2D eigenvalue weighted by Crippen LogP contribution is 2.23. The van der Waals surface area contributed by atoms with Crippen LogP contribution >= 0.6 is 11.8 Å². The number of carbonyl (C=O) groups is 2. The first-order valence-electron chi connectivity index (χ1n) is 6.22. The van der Waals surface area contributed by atoms with E-state index in [9.17, 15) is 9.59 Å². The Morgan fingerprint density at radius 3 is 2.63 bits per heavy atom. The maximum atomic E-state index is 11.9. The lowest BCUT2D eigenvalue weighted by Crippen LogP contribution is -2.29. The Labute approximate surface area is 117 Å². The van der Waals surface area contributed by atoms with E-state index in [1.54, 1.807) is 24.3 Å². The molecule has 0 unspecified atom stereocenters. The summed E-state index contributed by atoms with van der Waals surface area (Å²) in [5, 5.41) is 5.31. The standard InChI is InChI=1S/C13H19N3O2S/c1-2-8-16-13(18)19-11-6-4-3-5-10(11)12(17)15-9-7-14/h3-6H,2,7-9,14H2,1H3,(H,15,17)(H,16,18). The van der Waals surface area contributed by atoms with Crippen LogP contribution in [0, 0.1) is 0 Å². The van der Waals surface area contributed by atoms with Gasteiger partial charge in [0.1, 0.15) is 0 Å². The Morgan fingerprint density at radius 2 is 1.95 bits per heavy atom. The molecule has 0 radical (unpaired) electrons. The first-order chi connectivity index (χ1) is 9.19. The highest BCUT2D eigenvalue weighted by atomic mass is 32.2. The van der Waals surface area contributed by atoms with Gasteiger partial charge in [0.2, 0.25) is 0 Å². The highest BCUT2D eigenvalue weighted by molar-refractivity contribution is 8.13. The minimum atomic E-state index is -0.211. The third-order valence-corrected chi connectivity index (χ3v) is 3.19. The van der Waals surface area contributed by atoms with E-state index in [0.717, 1.165) is 18.2 Å². The van der Waals surface area contributed by atoms with E-state index in [0.29, 0.717) is 30.1 Å². The number of nitrogens with one attached hydrogen (secondary N) is 2. The number of amides is 2. The number of benzene rings is 1. The highest BCUT2D eigenvalue weighted by Gasteiger charge is 2.13. The largest absolute Gasteiger partial charge is 0.351 e. The molecule has 19 heavy (non-hydrogen) atoms. The van der Waals surface area contributed by atoms with Gasteiger partial charge in [-0.05, 0) is 30.3 Å². The summed E-state index contributed by atoms with van der Waals surface area (Å²) >= 11 is 1.03. The second kappa shape index (κ2) is 8.55. The lowest BCUT2D eigenvalue weighted by atomic mass is 10.2. The predicted molar refractivity (Wildman–Crippen MR) is 77.4 cm³/mol. The summed E-state index contributed by atoms with van der Waals surface area (Å²) in [4.78, 5) is 24.2. The van der Waals surface area contributed by atoms with Gasteiger partial charge in [-0.15, -0.1) is 0 Å². The number of hydrogen-bond acceptors (Lipinski definition) is 4. The first kappa shape index (κ1) is 15.5. The second-order valence-corrected chi connectivity index (χ2v) is 4.87. The van der Waals surface area contributed by atoms with Crippen molar-refractivity contribution in [2.75, 3.05) is 19.6 Å².